The lowest BCUT2D eigenvalue weighted by Crippen LogP contribution is -2.28. The summed E-state index contributed by atoms with van der Waals surface area (Å²) in [6.07, 6.45) is 0. The van der Waals surface area contributed by atoms with Crippen molar-refractivity contribution in [1.82, 2.24) is 0 Å². The highest BCUT2D eigenvalue weighted by Gasteiger charge is 2.53. The molecule has 0 aromatic heterocycles. The maximum Gasteiger partial charge on any atom is 0.0746 e. The molecule has 0 heterocycles. The molecule has 0 saturated carbocycles. The Bertz CT molecular complexity index is 4120. The van der Waals surface area contributed by atoms with Crippen LogP contribution in [0.5, 0.6) is 0 Å². The molecule has 0 fully saturated rings. The van der Waals surface area contributed by atoms with Gasteiger partial charge in [-0.15, -0.1) is 0 Å². The molecule has 2 aliphatic rings. The molecule has 0 bridgehead atoms. The van der Waals surface area contributed by atoms with Crippen LogP contribution in [-0.2, 0) is 5.41 Å². The summed E-state index contributed by atoms with van der Waals surface area (Å²) in [5, 5.41) is 12.4. The van der Waals surface area contributed by atoms with Gasteiger partial charge in [0.15, 0.2) is 0 Å². The van der Waals surface area contributed by atoms with Gasteiger partial charge in [0.2, 0.25) is 0 Å². The lowest BCUT2D eigenvalue weighted by Gasteiger charge is -2.36. The fourth-order valence-corrected chi connectivity index (χ4v) is 12.8. The molecule has 324 valence electrons. The third-order valence-electron chi connectivity index (χ3n) is 15.6. The molecular weight excluding hydrogens is 843 g/mol. The number of fused-ring (bicyclic) bond motifs is 18. The first kappa shape index (κ1) is 39.0. The molecule has 0 N–H and O–H groups in total. The lowest BCUT2D eigenvalue weighted by molar-refractivity contribution is 0.793. The maximum atomic E-state index is 2.60. The van der Waals surface area contributed by atoms with Gasteiger partial charge in [-0.3, -0.25) is 0 Å². The van der Waals surface area contributed by atoms with Gasteiger partial charge in [0.25, 0.3) is 0 Å². The highest BCUT2D eigenvalue weighted by Crippen LogP contribution is 2.65. The highest BCUT2D eigenvalue weighted by molar-refractivity contribution is 6.26. The molecule has 0 aliphatic heterocycles. The van der Waals surface area contributed by atoms with Crippen LogP contribution in [0.2, 0.25) is 0 Å². The standard InChI is InChI=1S/C69H43N/c1-3-22-50-44(18-1)20-15-31-52(50)46-40-47(53-32-16-21-45-19-2-4-23-51(45)53)42-49(41-46)70(48-38-39-58-56-26-6-5-24-54(56)55-25-7-8-27-57(55)63(58)43-48)67-37-17-33-62-61-30-11-14-36-66(61)69(68(62)67)64-34-12-9-28-59(64)60-29-10-13-35-65(60)69/h1-43H. The Labute approximate surface area is 406 Å². The Balaban J connectivity index is 1.10. The normalized spacial score (nSPS) is 13.0. The number of rotatable bonds is 5. The fraction of sp³-hybridized carbons (Fsp3) is 0.0145. The lowest BCUT2D eigenvalue weighted by atomic mass is 9.70. The molecular formula is C69H43N. The monoisotopic (exact) mass is 885 g/mol. The third kappa shape index (κ3) is 5.43. The third-order valence-corrected chi connectivity index (χ3v) is 15.6. The summed E-state index contributed by atoms with van der Waals surface area (Å²) in [6.45, 7) is 0. The molecule has 15 rings (SSSR count). The van der Waals surface area contributed by atoms with Gasteiger partial charge in [-0.25, -0.2) is 0 Å². The summed E-state index contributed by atoms with van der Waals surface area (Å²) in [7, 11) is 0. The second kappa shape index (κ2) is 15.0. The van der Waals surface area contributed by atoms with Crippen LogP contribution in [0.1, 0.15) is 22.3 Å². The van der Waals surface area contributed by atoms with E-state index in [-0.39, 0.29) is 0 Å². The Morgan fingerprint density at radius 3 is 1.17 bits per heavy atom. The first-order valence-electron chi connectivity index (χ1n) is 24.4. The Hall–Kier alpha value is -9.04. The zero-order valence-corrected chi connectivity index (χ0v) is 38.3. The van der Waals surface area contributed by atoms with Crippen molar-refractivity contribution in [2.75, 3.05) is 4.90 Å². The Kier molecular flexibility index (Phi) is 8.35. The van der Waals surface area contributed by atoms with Gasteiger partial charge in [0.1, 0.15) is 0 Å². The number of hydrogen-bond acceptors (Lipinski definition) is 1. The topological polar surface area (TPSA) is 3.24 Å². The van der Waals surface area contributed by atoms with Gasteiger partial charge in [-0.05, 0) is 151 Å². The van der Waals surface area contributed by atoms with E-state index in [1.165, 1.54) is 121 Å². The highest BCUT2D eigenvalue weighted by atomic mass is 15.1. The molecule has 0 unspecified atom stereocenters. The number of hydrogen-bond donors (Lipinski definition) is 0. The van der Waals surface area contributed by atoms with E-state index < -0.39 is 5.41 Å². The molecule has 0 amide bonds. The minimum atomic E-state index is -0.570. The fourth-order valence-electron chi connectivity index (χ4n) is 12.8. The van der Waals surface area contributed by atoms with E-state index in [0.717, 1.165) is 17.1 Å². The van der Waals surface area contributed by atoms with Gasteiger partial charge in [0.05, 0.1) is 11.1 Å². The summed E-state index contributed by atoms with van der Waals surface area (Å²) in [5.41, 5.74) is 17.9. The number of nitrogens with zero attached hydrogens (tertiary/aromatic N) is 1. The zero-order chi connectivity index (χ0) is 45.9. The second-order valence-electron chi connectivity index (χ2n) is 19.1. The smallest absolute Gasteiger partial charge is 0.0746 e. The molecule has 0 radical (unpaired) electrons. The predicted molar refractivity (Wildman–Crippen MR) is 296 cm³/mol. The minimum Gasteiger partial charge on any atom is -0.310 e. The number of benzene rings is 13. The first-order chi connectivity index (χ1) is 34.7. The van der Waals surface area contributed by atoms with E-state index in [4.69, 9.17) is 0 Å². The SMILES string of the molecule is c1ccc2c(c1)-c1ccccc1C21c2ccccc2-c2cccc(N(c3cc(-c4cccc5ccccc45)cc(-c4cccc5ccccc45)c3)c3ccc4c5ccccc5c5ccccc5c4c3)c21. The van der Waals surface area contributed by atoms with Crippen LogP contribution in [-0.4, -0.2) is 0 Å². The molecule has 70 heavy (non-hydrogen) atoms. The maximum absolute atomic E-state index is 2.60. The van der Waals surface area contributed by atoms with Crippen LogP contribution in [0.4, 0.5) is 17.1 Å². The van der Waals surface area contributed by atoms with E-state index in [1.54, 1.807) is 0 Å². The van der Waals surface area contributed by atoms with Crippen molar-refractivity contribution in [2.45, 2.75) is 5.41 Å². The van der Waals surface area contributed by atoms with Gasteiger partial charge in [0, 0.05) is 16.9 Å². The Morgan fingerprint density at radius 2 is 0.629 bits per heavy atom. The van der Waals surface area contributed by atoms with Crippen LogP contribution in [0.15, 0.2) is 261 Å². The molecule has 1 heteroatoms. The quantitative estimate of drug-likeness (QED) is 0.156. The Morgan fingerprint density at radius 1 is 0.243 bits per heavy atom. The first-order valence-corrected chi connectivity index (χ1v) is 24.4. The van der Waals surface area contributed by atoms with Gasteiger partial charge in [-0.2, -0.15) is 0 Å². The molecule has 0 atom stereocenters. The van der Waals surface area contributed by atoms with Crippen molar-refractivity contribution in [1.29, 1.82) is 0 Å². The summed E-state index contributed by atoms with van der Waals surface area (Å²) in [6, 6.07) is 97.9. The summed E-state index contributed by atoms with van der Waals surface area (Å²) in [5.74, 6) is 0. The van der Waals surface area contributed by atoms with Crippen LogP contribution < -0.4 is 4.90 Å². The molecule has 1 nitrogen and oxygen atoms in total. The van der Waals surface area contributed by atoms with E-state index in [1.807, 2.05) is 0 Å². The largest absolute Gasteiger partial charge is 0.310 e. The van der Waals surface area contributed by atoms with Gasteiger partial charge in [-0.1, -0.05) is 224 Å². The second-order valence-corrected chi connectivity index (χ2v) is 19.1. The zero-order valence-electron chi connectivity index (χ0n) is 38.3. The average Bonchev–Trinajstić information content (AvgIpc) is 3.91. The van der Waals surface area contributed by atoms with Crippen molar-refractivity contribution < 1.29 is 0 Å². The van der Waals surface area contributed by atoms with Crippen molar-refractivity contribution in [3.8, 4) is 44.5 Å². The van der Waals surface area contributed by atoms with Crippen molar-refractivity contribution >= 4 is 70.9 Å². The molecule has 13 aromatic rings. The van der Waals surface area contributed by atoms with E-state index in [0.29, 0.717) is 0 Å². The molecule has 0 saturated heterocycles. The summed E-state index contributed by atoms with van der Waals surface area (Å²) in [4.78, 5) is 2.60. The summed E-state index contributed by atoms with van der Waals surface area (Å²) < 4.78 is 0. The molecule has 2 aliphatic carbocycles. The van der Waals surface area contributed by atoms with E-state index >= 15 is 0 Å². The van der Waals surface area contributed by atoms with Crippen molar-refractivity contribution in [2.24, 2.45) is 0 Å². The van der Waals surface area contributed by atoms with E-state index in [9.17, 15) is 0 Å². The van der Waals surface area contributed by atoms with Crippen LogP contribution in [0, 0.1) is 0 Å². The van der Waals surface area contributed by atoms with Gasteiger partial charge < -0.3 is 4.90 Å². The summed E-state index contributed by atoms with van der Waals surface area (Å²) >= 11 is 0. The van der Waals surface area contributed by atoms with Crippen molar-refractivity contribution in [3.05, 3.63) is 283 Å². The predicted octanol–water partition coefficient (Wildman–Crippen LogP) is 18.6. The van der Waals surface area contributed by atoms with Crippen LogP contribution >= 0.6 is 0 Å². The van der Waals surface area contributed by atoms with Crippen molar-refractivity contribution in [3.63, 3.8) is 0 Å². The molecule has 13 aromatic carbocycles. The van der Waals surface area contributed by atoms with Gasteiger partial charge >= 0.3 is 0 Å². The molecule has 1 spiro atoms. The van der Waals surface area contributed by atoms with E-state index in [2.05, 4.69) is 266 Å². The average molecular weight is 886 g/mol. The van der Waals surface area contributed by atoms with Crippen LogP contribution in [0.25, 0.3) is 98.4 Å². The number of anilines is 3. The minimum absolute atomic E-state index is 0.570. The van der Waals surface area contributed by atoms with Crippen LogP contribution in [0.3, 0.4) is 0 Å².